The maximum atomic E-state index is 9.96. The number of amides is 6. The molecule has 0 rings (SSSR count). The second-order valence-electron chi connectivity index (χ2n) is 6.88. The summed E-state index contributed by atoms with van der Waals surface area (Å²) in [7, 11) is 17.2. The minimum atomic E-state index is -0.657. The van der Waals surface area contributed by atoms with Gasteiger partial charge >= 0.3 is 36.3 Å². The summed E-state index contributed by atoms with van der Waals surface area (Å²) in [6.45, 7) is 8.72. The van der Waals surface area contributed by atoms with Crippen molar-refractivity contribution in [3.8, 4) is 0 Å². The van der Waals surface area contributed by atoms with Gasteiger partial charge in [0.1, 0.15) is 5.78 Å². The molecular weight excluding hydrogens is 648 g/mol. The molecule has 21 nitrogen and oxygen atoms in total. The summed E-state index contributed by atoms with van der Waals surface area (Å²) in [5, 5.41) is 14.0. The highest BCUT2D eigenvalue weighted by molar-refractivity contribution is 5.73. The van der Waals surface area contributed by atoms with Crippen LogP contribution in [0.5, 0.6) is 0 Å². The number of urea groups is 1. The Labute approximate surface area is 284 Å². The predicted octanol–water partition coefficient (Wildman–Crippen LogP) is 0.347. The zero-order valence-corrected chi connectivity index (χ0v) is 31.6. The van der Waals surface area contributed by atoms with Gasteiger partial charge in [-0.05, 0) is 13.8 Å². The van der Waals surface area contributed by atoms with Crippen LogP contribution in [0.25, 0.3) is 0 Å². The molecule has 21 heteroatoms. The van der Waals surface area contributed by atoms with Crippen molar-refractivity contribution in [1.82, 2.24) is 31.9 Å². The first-order chi connectivity index (χ1) is 22.0. The maximum Gasteiger partial charge on any atom is 0.507 e. The molecule has 0 fully saturated rings. The van der Waals surface area contributed by atoms with Gasteiger partial charge in [-0.2, -0.15) is 0 Å². The van der Waals surface area contributed by atoms with E-state index in [1.807, 2.05) is 0 Å². The van der Waals surface area contributed by atoms with E-state index in [4.69, 9.17) is 0 Å². The Kier molecular flexibility index (Phi) is 82.7. The lowest BCUT2D eigenvalue weighted by molar-refractivity contribution is -0.138. The summed E-state index contributed by atoms with van der Waals surface area (Å²) in [5.41, 5.74) is 0. The van der Waals surface area contributed by atoms with Crippen molar-refractivity contribution >= 4 is 53.9 Å². The highest BCUT2D eigenvalue weighted by Crippen LogP contribution is 1.72. The average Bonchev–Trinajstić information content (AvgIpc) is 3.07. The molecular formula is C27H60N6O15. The molecule has 0 saturated heterocycles. The van der Waals surface area contributed by atoms with Gasteiger partial charge in [-0.25, -0.2) is 19.2 Å². The highest BCUT2D eigenvalue weighted by Gasteiger charge is 1.89. The molecule has 0 saturated carbocycles. The molecule has 0 aromatic carbocycles. The number of ketones is 1. The van der Waals surface area contributed by atoms with Gasteiger partial charge in [0.15, 0.2) is 0 Å². The summed E-state index contributed by atoms with van der Waals surface area (Å²) in [6, 6.07) is -0.157. The van der Waals surface area contributed by atoms with Gasteiger partial charge in [-0.3, -0.25) is 19.2 Å². The second-order valence-corrected chi connectivity index (χ2v) is 6.88. The molecule has 0 atom stereocenters. The number of nitrogens with one attached hydrogen (secondary N) is 6. The third-order valence-electron chi connectivity index (χ3n) is 2.85. The Hall–Kier alpha value is -5.37. The Morgan fingerprint density at radius 3 is 0.542 bits per heavy atom. The van der Waals surface area contributed by atoms with E-state index in [1.165, 1.54) is 98.3 Å². The lowest BCUT2D eigenvalue weighted by atomic mass is 10.6. The van der Waals surface area contributed by atoms with Crippen LogP contribution in [-0.2, 0) is 52.4 Å². The van der Waals surface area contributed by atoms with Crippen molar-refractivity contribution in [2.75, 3.05) is 84.9 Å². The van der Waals surface area contributed by atoms with Crippen LogP contribution in [0.3, 0.4) is 0 Å². The van der Waals surface area contributed by atoms with Crippen molar-refractivity contribution in [2.24, 2.45) is 0 Å². The van der Waals surface area contributed by atoms with Crippen LogP contribution in [0.4, 0.5) is 19.2 Å². The van der Waals surface area contributed by atoms with E-state index >= 15 is 0 Å². The fourth-order valence-corrected chi connectivity index (χ4v) is 0.412. The lowest BCUT2D eigenvalue weighted by Gasteiger charge is -1.91. The molecule has 0 aliphatic rings. The molecule has 0 spiro atoms. The Morgan fingerprint density at radius 2 is 0.542 bits per heavy atom. The molecule has 6 N–H and O–H groups in total. The topological polar surface area (TPSA) is 281 Å². The summed E-state index contributed by atoms with van der Waals surface area (Å²) < 4.78 is 24.6. The highest BCUT2D eigenvalue weighted by atomic mass is 16.7. The van der Waals surface area contributed by atoms with Gasteiger partial charge in [-0.15, -0.1) is 0 Å². The van der Waals surface area contributed by atoms with Crippen LogP contribution < -0.4 is 31.9 Å². The van der Waals surface area contributed by atoms with Crippen LogP contribution in [0.15, 0.2) is 0 Å². The van der Waals surface area contributed by atoms with Crippen molar-refractivity contribution in [2.45, 2.75) is 41.5 Å². The fourth-order valence-electron chi connectivity index (χ4n) is 0.412. The average molecular weight is 709 g/mol. The number of ether oxygens (including phenoxy) is 6. The van der Waals surface area contributed by atoms with Gasteiger partial charge < -0.3 is 65.1 Å². The summed E-state index contributed by atoms with van der Waals surface area (Å²) in [5.74, 6) is -0.315. The standard InChI is InChI=1S/C3H8N2O.2C3H7NO2.2C3H7NO.C3H6O3.2C3H6O2.C3H6O/c1-4-3(6)5-2;2*1-4-3(5)6-2;2*1-3(5)4-2;1-5-3(4)6-2;2*1-3(4)5-2;1-3(2)4/h1-2H3,(H2,4,5,6);2*1-2H3,(H,4,5);2*1-2H3,(H,4,5);1-2H3;2*1-2H3;1-2H3. The van der Waals surface area contributed by atoms with Crippen molar-refractivity contribution < 1.29 is 71.6 Å². The first kappa shape index (κ1) is 65.3. The molecule has 0 heterocycles. The van der Waals surface area contributed by atoms with Crippen LogP contribution in [0.1, 0.15) is 41.5 Å². The number of Topliss-reactive ketones (excluding diaryl/α,β-unsaturated/α-hetero) is 1. The molecule has 0 aromatic rings. The van der Waals surface area contributed by atoms with E-state index in [-0.39, 0.29) is 35.6 Å². The molecule has 0 aromatic heterocycles. The normalized spacial score (nSPS) is 6.88. The quantitative estimate of drug-likeness (QED) is 0.146. The number of alkyl carbamates (subject to hydrolysis) is 2. The Bertz CT molecular complexity index is 679. The molecule has 0 unspecified atom stereocenters. The van der Waals surface area contributed by atoms with Gasteiger partial charge in [0.2, 0.25) is 11.8 Å². The number of methoxy groups -OCH3 is 6. The summed E-state index contributed by atoms with van der Waals surface area (Å²) in [4.78, 5) is 87.4. The van der Waals surface area contributed by atoms with Gasteiger partial charge in [0.05, 0.1) is 42.7 Å². The smallest absolute Gasteiger partial charge is 0.469 e. The zero-order chi connectivity index (χ0) is 40.7. The minimum absolute atomic E-state index is 0.00463. The van der Waals surface area contributed by atoms with Crippen molar-refractivity contribution in [1.29, 1.82) is 0 Å². The molecule has 288 valence electrons. The van der Waals surface area contributed by atoms with E-state index in [0.717, 1.165) is 0 Å². The number of carbonyl (C=O) groups is 9. The van der Waals surface area contributed by atoms with Crippen LogP contribution >= 0.6 is 0 Å². The monoisotopic (exact) mass is 708 g/mol. The fraction of sp³-hybridized carbons (Fsp3) is 0.667. The van der Waals surface area contributed by atoms with E-state index in [2.05, 4.69) is 60.3 Å². The predicted molar refractivity (Wildman–Crippen MR) is 177 cm³/mol. The lowest BCUT2D eigenvalue weighted by Crippen LogP contribution is -2.28. The number of hydrogen-bond acceptors (Lipinski definition) is 15. The third kappa shape index (κ3) is 184. The SMILES string of the molecule is CC(C)=O.CNC(=O)NC.CNC(=O)OC.CNC(=O)OC.CNC(C)=O.CNC(C)=O.COC(=O)OC.COC(C)=O.COC(C)=O. The number of carbonyl (C=O) groups excluding carboxylic acids is 9. The Morgan fingerprint density at radius 1 is 0.354 bits per heavy atom. The summed E-state index contributed by atoms with van der Waals surface area (Å²) >= 11 is 0. The minimum Gasteiger partial charge on any atom is -0.469 e. The van der Waals surface area contributed by atoms with Crippen LogP contribution in [-0.4, -0.2) is 139 Å². The van der Waals surface area contributed by atoms with Crippen LogP contribution in [0.2, 0.25) is 0 Å². The number of esters is 2. The van der Waals surface area contributed by atoms with Gasteiger partial charge in [0.25, 0.3) is 0 Å². The first-order valence-electron chi connectivity index (χ1n) is 13.0. The van der Waals surface area contributed by atoms with Crippen LogP contribution in [0, 0.1) is 0 Å². The zero-order valence-electron chi connectivity index (χ0n) is 31.6. The summed E-state index contributed by atoms with van der Waals surface area (Å²) in [6.07, 6.45) is -1.47. The molecule has 0 aliphatic carbocycles. The molecule has 6 amide bonds. The number of rotatable bonds is 0. The third-order valence-corrected chi connectivity index (χ3v) is 2.85. The Balaban J connectivity index is -0.0000000511. The van der Waals surface area contributed by atoms with E-state index < -0.39 is 18.3 Å². The largest absolute Gasteiger partial charge is 0.507 e. The molecule has 0 bridgehead atoms. The van der Waals surface area contributed by atoms with E-state index in [0.29, 0.717) is 0 Å². The first-order valence-corrected chi connectivity index (χ1v) is 13.0. The number of hydrogen-bond donors (Lipinski definition) is 6. The van der Waals surface area contributed by atoms with Crippen molar-refractivity contribution in [3.63, 3.8) is 0 Å². The second kappa shape index (κ2) is 60.8. The van der Waals surface area contributed by atoms with Gasteiger partial charge in [-0.1, -0.05) is 0 Å². The van der Waals surface area contributed by atoms with Crippen molar-refractivity contribution in [3.05, 3.63) is 0 Å². The van der Waals surface area contributed by atoms with E-state index in [1.54, 1.807) is 28.2 Å². The van der Waals surface area contributed by atoms with Gasteiger partial charge in [0, 0.05) is 70.0 Å². The molecule has 0 aliphatic heterocycles. The molecule has 48 heavy (non-hydrogen) atoms. The van der Waals surface area contributed by atoms with E-state index in [9.17, 15) is 43.2 Å². The molecule has 0 radical (unpaired) electrons. The maximum absolute atomic E-state index is 9.96.